The molecule has 0 aromatic heterocycles. The van der Waals surface area contributed by atoms with E-state index < -0.39 is 0 Å². The van der Waals surface area contributed by atoms with Crippen molar-refractivity contribution in [3.63, 3.8) is 0 Å². The molecular formula is C15H21N3O2. The summed E-state index contributed by atoms with van der Waals surface area (Å²) >= 11 is 0. The van der Waals surface area contributed by atoms with Crippen LogP contribution in [0.25, 0.3) is 0 Å². The topological polar surface area (TPSA) is 53.6 Å². The summed E-state index contributed by atoms with van der Waals surface area (Å²) in [4.78, 5) is 14.4. The molecule has 1 aromatic carbocycles. The van der Waals surface area contributed by atoms with E-state index in [0.717, 1.165) is 31.1 Å². The highest BCUT2D eigenvalue weighted by Gasteiger charge is 2.43. The molecule has 0 aliphatic carbocycles. The number of likely N-dealkylation sites (tertiary alicyclic amines) is 1. The average molecular weight is 275 g/mol. The number of ether oxygens (including phenoxy) is 1. The minimum absolute atomic E-state index is 0.0137. The Bertz CT molecular complexity index is 506. The smallest absolute Gasteiger partial charge is 0.322 e. The molecule has 2 amide bonds. The van der Waals surface area contributed by atoms with Crippen LogP contribution in [0.15, 0.2) is 24.3 Å². The minimum Gasteiger partial charge on any atom is -0.497 e. The summed E-state index contributed by atoms with van der Waals surface area (Å²) in [5, 5.41) is 6.37. The minimum atomic E-state index is -0.0137. The number of fused-ring (bicyclic) bond motifs is 1. The van der Waals surface area contributed by atoms with Crippen LogP contribution in [0.4, 0.5) is 10.5 Å². The van der Waals surface area contributed by atoms with E-state index in [2.05, 4.69) is 17.6 Å². The van der Waals surface area contributed by atoms with Crippen LogP contribution in [0.2, 0.25) is 0 Å². The monoisotopic (exact) mass is 275 g/mol. The molecule has 3 atom stereocenters. The van der Waals surface area contributed by atoms with Gasteiger partial charge in [0.2, 0.25) is 0 Å². The number of nitrogens with one attached hydrogen (secondary N) is 2. The van der Waals surface area contributed by atoms with E-state index in [0.29, 0.717) is 17.9 Å². The number of carbonyl (C=O) groups is 1. The molecule has 2 aliphatic heterocycles. The Morgan fingerprint density at radius 1 is 1.45 bits per heavy atom. The average Bonchev–Trinajstić information content (AvgIpc) is 3.02. The molecule has 3 rings (SSSR count). The van der Waals surface area contributed by atoms with Crippen LogP contribution in [0, 0.1) is 11.8 Å². The summed E-state index contributed by atoms with van der Waals surface area (Å²) in [6, 6.07) is 7.73. The third-order valence-corrected chi connectivity index (χ3v) is 4.52. The van der Waals surface area contributed by atoms with Gasteiger partial charge in [0.1, 0.15) is 5.75 Å². The zero-order valence-corrected chi connectivity index (χ0v) is 11.9. The molecule has 20 heavy (non-hydrogen) atoms. The molecule has 5 heteroatoms. The number of hydrogen-bond donors (Lipinski definition) is 2. The maximum atomic E-state index is 12.4. The lowest BCUT2D eigenvalue weighted by atomic mass is 9.95. The van der Waals surface area contributed by atoms with Crippen LogP contribution in [0.1, 0.15) is 6.92 Å². The maximum absolute atomic E-state index is 12.4. The van der Waals surface area contributed by atoms with E-state index in [9.17, 15) is 4.79 Å². The van der Waals surface area contributed by atoms with E-state index in [1.165, 1.54) is 0 Å². The number of nitrogens with zero attached hydrogens (tertiary/aromatic N) is 1. The van der Waals surface area contributed by atoms with Gasteiger partial charge in [-0.3, -0.25) is 0 Å². The summed E-state index contributed by atoms with van der Waals surface area (Å²) in [7, 11) is 1.62. The van der Waals surface area contributed by atoms with E-state index in [-0.39, 0.29) is 6.03 Å². The quantitative estimate of drug-likeness (QED) is 0.865. The lowest BCUT2D eigenvalue weighted by Crippen LogP contribution is -2.40. The number of rotatable bonds is 2. The first kappa shape index (κ1) is 13.2. The Hall–Kier alpha value is -1.75. The molecule has 0 saturated carbocycles. The number of hydrogen-bond acceptors (Lipinski definition) is 3. The van der Waals surface area contributed by atoms with Crippen LogP contribution in [-0.4, -0.2) is 43.7 Å². The number of carbonyl (C=O) groups excluding carboxylic acids is 1. The predicted molar refractivity (Wildman–Crippen MR) is 78.0 cm³/mol. The second-order valence-electron chi connectivity index (χ2n) is 5.64. The Balaban J connectivity index is 1.67. The summed E-state index contributed by atoms with van der Waals surface area (Å²) in [5.41, 5.74) is 0.775. The molecule has 1 aromatic rings. The summed E-state index contributed by atoms with van der Waals surface area (Å²) in [6.07, 6.45) is 0. The van der Waals surface area contributed by atoms with Gasteiger partial charge in [0.25, 0.3) is 0 Å². The molecule has 0 bridgehead atoms. The fourth-order valence-corrected chi connectivity index (χ4v) is 3.33. The van der Waals surface area contributed by atoms with Crippen molar-refractivity contribution in [2.24, 2.45) is 11.8 Å². The number of anilines is 1. The van der Waals surface area contributed by atoms with E-state index in [1.54, 1.807) is 7.11 Å². The second-order valence-corrected chi connectivity index (χ2v) is 5.64. The first-order valence-electron chi connectivity index (χ1n) is 7.11. The van der Waals surface area contributed by atoms with Gasteiger partial charge in [-0.05, 0) is 30.9 Å². The zero-order valence-electron chi connectivity index (χ0n) is 11.9. The van der Waals surface area contributed by atoms with Crippen molar-refractivity contribution >= 4 is 11.7 Å². The van der Waals surface area contributed by atoms with Gasteiger partial charge in [-0.1, -0.05) is 6.07 Å². The Morgan fingerprint density at radius 2 is 2.30 bits per heavy atom. The van der Waals surface area contributed by atoms with Gasteiger partial charge in [-0.15, -0.1) is 0 Å². The van der Waals surface area contributed by atoms with Gasteiger partial charge in [0, 0.05) is 37.4 Å². The molecule has 0 spiro atoms. The number of urea groups is 1. The molecule has 108 valence electrons. The summed E-state index contributed by atoms with van der Waals surface area (Å²) in [5.74, 6) is 1.94. The van der Waals surface area contributed by atoms with Crippen molar-refractivity contribution in [1.82, 2.24) is 10.2 Å². The van der Waals surface area contributed by atoms with Gasteiger partial charge in [-0.25, -0.2) is 4.79 Å². The highest BCUT2D eigenvalue weighted by atomic mass is 16.5. The molecule has 3 unspecified atom stereocenters. The SMILES string of the molecule is COc1cccc(NC(=O)N2CC3CNCC3C2C)c1. The molecule has 2 N–H and O–H groups in total. The van der Waals surface area contributed by atoms with Crippen LogP contribution in [-0.2, 0) is 0 Å². The summed E-state index contributed by atoms with van der Waals surface area (Å²) in [6.45, 7) is 5.03. The van der Waals surface area contributed by atoms with Crippen molar-refractivity contribution in [1.29, 1.82) is 0 Å². The normalized spacial score (nSPS) is 28.3. The molecule has 2 heterocycles. The largest absolute Gasteiger partial charge is 0.497 e. The Kier molecular flexibility index (Phi) is 3.53. The fourth-order valence-electron chi connectivity index (χ4n) is 3.33. The van der Waals surface area contributed by atoms with Crippen LogP contribution >= 0.6 is 0 Å². The Morgan fingerprint density at radius 3 is 3.05 bits per heavy atom. The van der Waals surface area contributed by atoms with Crippen LogP contribution < -0.4 is 15.4 Å². The highest BCUT2D eigenvalue weighted by Crippen LogP contribution is 2.32. The third-order valence-electron chi connectivity index (χ3n) is 4.52. The Labute approximate surface area is 119 Å². The third kappa shape index (κ3) is 2.33. The van der Waals surface area contributed by atoms with Crippen molar-refractivity contribution in [3.8, 4) is 5.75 Å². The van der Waals surface area contributed by atoms with Gasteiger partial charge < -0.3 is 20.3 Å². The second kappa shape index (κ2) is 5.32. The molecule has 5 nitrogen and oxygen atoms in total. The number of benzene rings is 1. The van der Waals surface area contributed by atoms with Crippen molar-refractivity contribution < 1.29 is 9.53 Å². The fraction of sp³-hybridized carbons (Fsp3) is 0.533. The molecular weight excluding hydrogens is 254 g/mol. The lowest BCUT2D eigenvalue weighted by Gasteiger charge is -2.24. The van der Waals surface area contributed by atoms with Gasteiger partial charge >= 0.3 is 6.03 Å². The number of methoxy groups -OCH3 is 1. The standard InChI is InChI=1S/C15H21N3O2/c1-10-14-8-16-7-11(14)9-18(10)15(19)17-12-4-3-5-13(6-12)20-2/h3-6,10-11,14,16H,7-9H2,1-2H3,(H,17,19). The predicted octanol–water partition coefficient (Wildman–Crippen LogP) is 1.77. The first-order valence-corrected chi connectivity index (χ1v) is 7.11. The van der Waals surface area contributed by atoms with Gasteiger partial charge in [-0.2, -0.15) is 0 Å². The zero-order chi connectivity index (χ0) is 14.1. The lowest BCUT2D eigenvalue weighted by molar-refractivity contribution is 0.203. The molecule has 2 aliphatic rings. The van der Waals surface area contributed by atoms with Crippen LogP contribution in [0.5, 0.6) is 5.75 Å². The first-order chi connectivity index (χ1) is 9.69. The maximum Gasteiger partial charge on any atom is 0.322 e. The van der Waals surface area contributed by atoms with Crippen molar-refractivity contribution in [3.05, 3.63) is 24.3 Å². The van der Waals surface area contributed by atoms with Crippen LogP contribution in [0.3, 0.4) is 0 Å². The molecule has 2 fully saturated rings. The molecule has 0 radical (unpaired) electrons. The van der Waals surface area contributed by atoms with E-state index >= 15 is 0 Å². The summed E-state index contributed by atoms with van der Waals surface area (Å²) < 4.78 is 5.17. The molecule has 2 saturated heterocycles. The van der Waals surface area contributed by atoms with Crippen molar-refractivity contribution in [2.45, 2.75) is 13.0 Å². The van der Waals surface area contributed by atoms with Gasteiger partial charge in [0.15, 0.2) is 0 Å². The highest BCUT2D eigenvalue weighted by molar-refractivity contribution is 5.90. The van der Waals surface area contributed by atoms with Gasteiger partial charge in [0.05, 0.1) is 7.11 Å². The van der Waals surface area contributed by atoms with Crippen molar-refractivity contribution in [2.75, 3.05) is 32.1 Å². The van der Waals surface area contributed by atoms with E-state index in [1.807, 2.05) is 29.2 Å². The number of amides is 2. The van der Waals surface area contributed by atoms with E-state index in [4.69, 9.17) is 4.74 Å².